The van der Waals surface area contributed by atoms with Crippen LogP contribution in [0.15, 0.2) is 11.1 Å². The van der Waals surface area contributed by atoms with Gasteiger partial charge in [-0.2, -0.15) is 4.99 Å². The van der Waals surface area contributed by atoms with Gasteiger partial charge in [0.25, 0.3) is 0 Å². The molecule has 4 heteroatoms. The summed E-state index contributed by atoms with van der Waals surface area (Å²) in [5, 5.41) is 9.89. The number of aliphatic imine (C=N–C) groups is 1. The van der Waals surface area contributed by atoms with Gasteiger partial charge in [0, 0.05) is 0 Å². The van der Waals surface area contributed by atoms with Crippen LogP contribution in [0.3, 0.4) is 0 Å². The summed E-state index contributed by atoms with van der Waals surface area (Å²) in [5.41, 5.74) is 2.34. The van der Waals surface area contributed by atoms with Crippen LogP contribution < -0.4 is 4.74 Å². The van der Waals surface area contributed by atoms with E-state index < -0.39 is 5.54 Å². The molecule has 1 aliphatic rings. The maximum atomic E-state index is 10.5. The average Bonchev–Trinajstić information content (AvgIpc) is 3.05. The Morgan fingerprint density at radius 1 is 1.41 bits per heavy atom. The SMILES string of the molecule is COc1c(O)cc(C2(N=C=O)CC2)c(C)c1C. The molecule has 17 heavy (non-hydrogen) atoms. The molecule has 1 aromatic carbocycles. The summed E-state index contributed by atoms with van der Waals surface area (Å²) in [5.74, 6) is 0.579. The minimum atomic E-state index is -0.458. The summed E-state index contributed by atoms with van der Waals surface area (Å²) >= 11 is 0. The molecule has 0 atom stereocenters. The van der Waals surface area contributed by atoms with Gasteiger partial charge in [-0.3, -0.25) is 0 Å². The van der Waals surface area contributed by atoms with Gasteiger partial charge >= 0.3 is 0 Å². The van der Waals surface area contributed by atoms with E-state index in [4.69, 9.17) is 4.74 Å². The van der Waals surface area contributed by atoms with Gasteiger partial charge in [0.2, 0.25) is 6.08 Å². The van der Waals surface area contributed by atoms with E-state index in [1.165, 1.54) is 7.11 Å². The number of carbonyl (C=O) groups excluding carboxylic acids is 1. The van der Waals surface area contributed by atoms with Gasteiger partial charge in [0.1, 0.15) is 0 Å². The number of hydrogen-bond acceptors (Lipinski definition) is 4. The normalized spacial score (nSPS) is 16.2. The second kappa shape index (κ2) is 3.90. The molecule has 1 aromatic rings. The molecular formula is C13H15NO3. The minimum absolute atomic E-state index is 0.0953. The summed E-state index contributed by atoms with van der Waals surface area (Å²) in [6.07, 6.45) is 3.28. The molecule has 90 valence electrons. The Balaban J connectivity index is 2.61. The fourth-order valence-corrected chi connectivity index (χ4v) is 2.26. The number of aromatic hydroxyl groups is 1. The number of isocyanates is 1. The van der Waals surface area contributed by atoms with Gasteiger partial charge in [-0.05, 0) is 49.4 Å². The van der Waals surface area contributed by atoms with Crippen LogP contribution in [-0.4, -0.2) is 18.3 Å². The highest BCUT2D eigenvalue weighted by molar-refractivity contribution is 5.56. The largest absolute Gasteiger partial charge is 0.504 e. The van der Waals surface area contributed by atoms with Crippen molar-refractivity contribution in [3.63, 3.8) is 0 Å². The molecule has 1 saturated carbocycles. The number of hydrogen-bond donors (Lipinski definition) is 1. The molecule has 0 aromatic heterocycles. The van der Waals surface area contributed by atoms with Gasteiger partial charge < -0.3 is 9.84 Å². The van der Waals surface area contributed by atoms with Crippen molar-refractivity contribution >= 4 is 6.08 Å². The smallest absolute Gasteiger partial charge is 0.235 e. The molecule has 0 saturated heterocycles. The van der Waals surface area contributed by atoms with Gasteiger partial charge in [-0.15, -0.1) is 0 Å². The summed E-state index contributed by atoms with van der Waals surface area (Å²) in [6.45, 7) is 3.84. The van der Waals surface area contributed by atoms with Crippen LogP contribution in [0.25, 0.3) is 0 Å². The Hall–Kier alpha value is -1.80. The van der Waals surface area contributed by atoms with Crippen LogP contribution in [0, 0.1) is 13.8 Å². The van der Waals surface area contributed by atoms with Crippen molar-refractivity contribution < 1.29 is 14.6 Å². The lowest BCUT2D eigenvalue weighted by atomic mass is 9.94. The Kier molecular flexibility index (Phi) is 2.68. The second-order valence-corrected chi connectivity index (χ2v) is 4.46. The third-order valence-electron chi connectivity index (χ3n) is 3.51. The Labute approximate surface area is 99.9 Å². The predicted octanol–water partition coefficient (Wildman–Crippen LogP) is 2.34. The summed E-state index contributed by atoms with van der Waals surface area (Å²) in [7, 11) is 1.53. The molecule has 1 aliphatic carbocycles. The van der Waals surface area contributed by atoms with Crippen LogP contribution in [0.5, 0.6) is 11.5 Å². The molecule has 0 amide bonds. The van der Waals surface area contributed by atoms with Crippen LogP contribution in [0.1, 0.15) is 29.5 Å². The zero-order valence-electron chi connectivity index (χ0n) is 10.2. The van der Waals surface area contributed by atoms with Crippen LogP contribution in [0.2, 0.25) is 0 Å². The fourth-order valence-electron chi connectivity index (χ4n) is 2.26. The van der Waals surface area contributed by atoms with Crippen molar-refractivity contribution in [1.29, 1.82) is 0 Å². The number of benzene rings is 1. The van der Waals surface area contributed by atoms with E-state index in [9.17, 15) is 9.90 Å². The minimum Gasteiger partial charge on any atom is -0.504 e. The van der Waals surface area contributed by atoms with E-state index in [-0.39, 0.29) is 5.75 Å². The highest BCUT2D eigenvalue weighted by Gasteiger charge is 2.46. The van der Waals surface area contributed by atoms with Crippen molar-refractivity contribution in [2.75, 3.05) is 7.11 Å². The fraction of sp³-hybridized carbons (Fsp3) is 0.462. The third kappa shape index (κ3) is 1.71. The highest BCUT2D eigenvalue weighted by Crippen LogP contribution is 2.52. The number of rotatable bonds is 3. The highest BCUT2D eigenvalue weighted by atomic mass is 16.5. The van der Waals surface area contributed by atoms with Crippen molar-refractivity contribution in [3.05, 3.63) is 22.8 Å². The van der Waals surface area contributed by atoms with Crippen molar-refractivity contribution in [1.82, 2.24) is 0 Å². The number of phenolic OH excluding ortho intramolecular Hbond substituents is 1. The average molecular weight is 233 g/mol. The lowest BCUT2D eigenvalue weighted by molar-refractivity contribution is 0.369. The first-order chi connectivity index (χ1) is 8.05. The van der Waals surface area contributed by atoms with Gasteiger partial charge in [0.15, 0.2) is 11.5 Å². The van der Waals surface area contributed by atoms with E-state index in [1.54, 1.807) is 12.1 Å². The molecule has 0 aliphatic heterocycles. The maximum Gasteiger partial charge on any atom is 0.235 e. The monoisotopic (exact) mass is 233 g/mol. The van der Waals surface area contributed by atoms with E-state index in [0.717, 1.165) is 29.5 Å². The molecule has 0 unspecified atom stereocenters. The third-order valence-corrected chi connectivity index (χ3v) is 3.51. The Morgan fingerprint density at radius 3 is 2.53 bits per heavy atom. The molecule has 0 spiro atoms. The lowest BCUT2D eigenvalue weighted by Gasteiger charge is -2.17. The van der Waals surface area contributed by atoms with Crippen molar-refractivity contribution in [3.8, 4) is 11.5 Å². The quantitative estimate of drug-likeness (QED) is 0.644. The first-order valence-corrected chi connectivity index (χ1v) is 5.52. The van der Waals surface area contributed by atoms with Crippen LogP contribution in [0.4, 0.5) is 0 Å². The van der Waals surface area contributed by atoms with Crippen molar-refractivity contribution in [2.24, 2.45) is 4.99 Å². The lowest BCUT2D eigenvalue weighted by Crippen LogP contribution is -2.07. The molecular weight excluding hydrogens is 218 g/mol. The predicted molar refractivity (Wildman–Crippen MR) is 63.2 cm³/mol. The maximum absolute atomic E-state index is 10.5. The van der Waals surface area contributed by atoms with E-state index in [0.29, 0.717) is 5.75 Å². The van der Waals surface area contributed by atoms with Gasteiger partial charge in [-0.1, -0.05) is 0 Å². The molecule has 1 N–H and O–H groups in total. The Morgan fingerprint density at radius 2 is 2.06 bits per heavy atom. The molecule has 0 radical (unpaired) electrons. The second-order valence-electron chi connectivity index (χ2n) is 4.46. The first-order valence-electron chi connectivity index (χ1n) is 5.52. The van der Waals surface area contributed by atoms with E-state index in [1.807, 2.05) is 13.8 Å². The number of methoxy groups -OCH3 is 1. The van der Waals surface area contributed by atoms with Crippen molar-refractivity contribution in [2.45, 2.75) is 32.2 Å². The molecule has 0 heterocycles. The standard InChI is InChI=1S/C13H15NO3/c1-8-9(2)12(17-3)11(16)6-10(8)13(4-5-13)14-7-15/h6,16H,4-5H2,1-3H3. The summed E-state index contributed by atoms with van der Waals surface area (Å²) < 4.78 is 5.15. The number of phenols is 1. The molecule has 1 fully saturated rings. The molecule has 2 rings (SSSR count). The van der Waals surface area contributed by atoms with E-state index >= 15 is 0 Å². The van der Waals surface area contributed by atoms with Gasteiger partial charge in [-0.25, -0.2) is 4.79 Å². The number of nitrogens with zero attached hydrogens (tertiary/aromatic N) is 1. The number of ether oxygens (including phenoxy) is 1. The zero-order chi connectivity index (χ0) is 12.6. The van der Waals surface area contributed by atoms with Gasteiger partial charge in [0.05, 0.1) is 12.6 Å². The first kappa shape index (κ1) is 11.7. The summed E-state index contributed by atoms with van der Waals surface area (Å²) in [4.78, 5) is 14.3. The van der Waals surface area contributed by atoms with Crippen LogP contribution >= 0.6 is 0 Å². The molecule has 4 nitrogen and oxygen atoms in total. The summed E-state index contributed by atoms with van der Waals surface area (Å²) in [6, 6.07) is 1.65. The zero-order valence-corrected chi connectivity index (χ0v) is 10.2. The topological polar surface area (TPSA) is 58.9 Å². The van der Waals surface area contributed by atoms with Crippen LogP contribution in [-0.2, 0) is 10.3 Å². The van der Waals surface area contributed by atoms with E-state index in [2.05, 4.69) is 4.99 Å². The Bertz CT molecular complexity index is 512. The molecule has 0 bridgehead atoms.